The number of esters is 2. The van der Waals surface area contributed by atoms with E-state index in [4.69, 9.17) is 9.47 Å². The summed E-state index contributed by atoms with van der Waals surface area (Å²) in [7, 11) is 0. The molecule has 0 aromatic rings. The molecule has 1 fully saturated rings. The van der Waals surface area contributed by atoms with Crippen LogP contribution >= 0.6 is 0 Å². The fourth-order valence-electron chi connectivity index (χ4n) is 6.23. The smallest absolute Gasteiger partial charge is 0.303 e. The normalized spacial score (nSPS) is 39.3. The maximum Gasteiger partial charge on any atom is 0.303 e. The molecule has 0 spiro atoms. The van der Waals surface area contributed by atoms with Gasteiger partial charge in [-0.1, -0.05) is 33.3 Å². The van der Waals surface area contributed by atoms with Gasteiger partial charge < -0.3 is 9.47 Å². The molecule has 1 saturated carbocycles. The maximum absolute atomic E-state index is 13.3. The lowest BCUT2D eigenvalue weighted by molar-refractivity contribution is -0.154. The number of ether oxygens (including phenoxy) is 2. The summed E-state index contributed by atoms with van der Waals surface area (Å²) in [5, 5.41) is 0. The van der Waals surface area contributed by atoms with E-state index >= 15 is 0 Å². The summed E-state index contributed by atoms with van der Waals surface area (Å²) in [4.78, 5) is 36.7. The number of carbonyl (C=O) groups is 3. The van der Waals surface area contributed by atoms with Crippen LogP contribution in [0.15, 0.2) is 23.8 Å². The van der Waals surface area contributed by atoms with Gasteiger partial charge in [-0.25, -0.2) is 0 Å². The first-order chi connectivity index (χ1) is 13.4. The summed E-state index contributed by atoms with van der Waals surface area (Å²) in [6.45, 7) is 13.6. The Kier molecular flexibility index (Phi) is 5.57. The summed E-state index contributed by atoms with van der Waals surface area (Å²) in [6.07, 6.45) is 6.07. The molecule has 0 aromatic heterocycles. The molecule has 0 amide bonds. The van der Waals surface area contributed by atoms with Gasteiger partial charge >= 0.3 is 11.9 Å². The maximum atomic E-state index is 13.3. The molecule has 5 nitrogen and oxygen atoms in total. The Morgan fingerprint density at radius 3 is 2.45 bits per heavy atom. The molecule has 3 aliphatic carbocycles. The number of fused-ring (bicyclic) bond motifs is 2. The molecular weight excluding hydrogens is 368 g/mol. The van der Waals surface area contributed by atoms with Crippen LogP contribution in [-0.2, 0) is 23.9 Å². The van der Waals surface area contributed by atoms with Crippen molar-refractivity contribution >= 4 is 17.7 Å². The third-order valence-electron chi connectivity index (χ3n) is 7.68. The minimum absolute atomic E-state index is 0.0560. The molecule has 0 radical (unpaired) electrons. The quantitative estimate of drug-likeness (QED) is 0.510. The van der Waals surface area contributed by atoms with Gasteiger partial charge in [-0.3, -0.25) is 14.4 Å². The van der Waals surface area contributed by atoms with Crippen molar-refractivity contribution in [2.75, 3.05) is 6.61 Å². The van der Waals surface area contributed by atoms with E-state index in [0.29, 0.717) is 25.9 Å². The highest BCUT2D eigenvalue weighted by Gasteiger charge is 2.58. The van der Waals surface area contributed by atoms with E-state index < -0.39 is 6.10 Å². The van der Waals surface area contributed by atoms with Crippen LogP contribution in [0.25, 0.3) is 0 Å². The highest BCUT2D eigenvalue weighted by Crippen LogP contribution is 2.62. The van der Waals surface area contributed by atoms with Crippen LogP contribution in [0, 0.1) is 22.2 Å². The Hall–Kier alpha value is -1.91. The zero-order chi connectivity index (χ0) is 21.6. The van der Waals surface area contributed by atoms with Crippen molar-refractivity contribution in [2.24, 2.45) is 22.2 Å². The molecule has 3 rings (SSSR count). The molecule has 0 N–H and O–H groups in total. The van der Waals surface area contributed by atoms with Crippen molar-refractivity contribution < 1.29 is 23.9 Å². The number of carbonyl (C=O) groups excluding carboxylic acids is 3. The molecule has 0 unspecified atom stereocenters. The second kappa shape index (κ2) is 7.41. The predicted molar refractivity (Wildman–Crippen MR) is 110 cm³/mol. The van der Waals surface area contributed by atoms with Gasteiger partial charge in [0.05, 0.1) is 6.61 Å². The topological polar surface area (TPSA) is 69.7 Å². The van der Waals surface area contributed by atoms with E-state index in [2.05, 4.69) is 27.4 Å². The zero-order valence-corrected chi connectivity index (χ0v) is 18.4. The number of Topliss-reactive ketones (excluding diaryl/α,β-unsaturated/α-hetero) is 1. The van der Waals surface area contributed by atoms with Crippen LogP contribution < -0.4 is 0 Å². The molecule has 3 aliphatic rings. The lowest BCUT2D eigenvalue weighted by atomic mass is 9.47. The van der Waals surface area contributed by atoms with E-state index in [9.17, 15) is 14.4 Å². The van der Waals surface area contributed by atoms with E-state index in [-0.39, 0.29) is 39.9 Å². The molecule has 5 atom stereocenters. The second-order valence-electron chi connectivity index (χ2n) is 10.1. The molecule has 0 aliphatic heterocycles. The molecule has 5 heteroatoms. The van der Waals surface area contributed by atoms with Crippen LogP contribution in [0.1, 0.15) is 73.1 Å². The fourth-order valence-corrected chi connectivity index (χ4v) is 6.23. The van der Waals surface area contributed by atoms with Crippen molar-refractivity contribution in [3.63, 3.8) is 0 Å². The van der Waals surface area contributed by atoms with E-state index in [1.807, 2.05) is 6.08 Å². The van der Waals surface area contributed by atoms with E-state index in [1.165, 1.54) is 13.8 Å². The van der Waals surface area contributed by atoms with Crippen molar-refractivity contribution in [1.29, 1.82) is 0 Å². The van der Waals surface area contributed by atoms with Crippen molar-refractivity contribution in [1.82, 2.24) is 0 Å². The molecule has 29 heavy (non-hydrogen) atoms. The Morgan fingerprint density at radius 1 is 1.17 bits per heavy atom. The lowest BCUT2D eigenvalue weighted by Gasteiger charge is -2.58. The predicted octanol–water partition coefficient (Wildman–Crippen LogP) is 4.55. The Labute approximate surface area is 173 Å². The molecule has 160 valence electrons. The zero-order valence-electron chi connectivity index (χ0n) is 18.4. The molecular formula is C24H34O5. The number of hydrogen-bond donors (Lipinski definition) is 0. The molecule has 0 heterocycles. The minimum atomic E-state index is -0.410. The first-order valence-corrected chi connectivity index (χ1v) is 10.6. The summed E-state index contributed by atoms with van der Waals surface area (Å²) < 4.78 is 11.2. The number of allylic oxidation sites excluding steroid dienone is 2. The first-order valence-electron chi connectivity index (χ1n) is 10.6. The summed E-state index contributed by atoms with van der Waals surface area (Å²) >= 11 is 0. The van der Waals surface area contributed by atoms with Gasteiger partial charge in [-0.05, 0) is 53.6 Å². The van der Waals surface area contributed by atoms with E-state index in [1.54, 1.807) is 0 Å². The van der Waals surface area contributed by atoms with Gasteiger partial charge in [0, 0.05) is 25.7 Å². The van der Waals surface area contributed by atoms with Crippen molar-refractivity contribution in [3.8, 4) is 0 Å². The second-order valence-corrected chi connectivity index (χ2v) is 10.1. The van der Waals surface area contributed by atoms with Gasteiger partial charge in [0.15, 0.2) is 5.78 Å². The van der Waals surface area contributed by atoms with Gasteiger partial charge in [0.25, 0.3) is 0 Å². The average molecular weight is 403 g/mol. The van der Waals surface area contributed by atoms with Crippen LogP contribution in [0.3, 0.4) is 0 Å². The lowest BCUT2D eigenvalue weighted by Crippen LogP contribution is -2.54. The Morgan fingerprint density at radius 2 is 1.86 bits per heavy atom. The highest BCUT2D eigenvalue weighted by molar-refractivity contribution is 5.98. The largest absolute Gasteiger partial charge is 0.465 e. The van der Waals surface area contributed by atoms with Gasteiger partial charge in [-0.2, -0.15) is 0 Å². The number of ketones is 1. The molecule has 0 saturated heterocycles. The number of hydrogen-bond acceptors (Lipinski definition) is 5. The van der Waals surface area contributed by atoms with Gasteiger partial charge in [-0.15, -0.1) is 6.58 Å². The van der Waals surface area contributed by atoms with Crippen molar-refractivity contribution in [2.45, 2.75) is 79.2 Å². The monoisotopic (exact) mass is 402 g/mol. The third-order valence-corrected chi connectivity index (χ3v) is 7.68. The minimum Gasteiger partial charge on any atom is -0.465 e. The van der Waals surface area contributed by atoms with Crippen molar-refractivity contribution in [3.05, 3.63) is 23.8 Å². The third kappa shape index (κ3) is 3.80. The van der Waals surface area contributed by atoms with Crippen LogP contribution in [0.4, 0.5) is 0 Å². The Balaban J connectivity index is 2.09. The van der Waals surface area contributed by atoms with Gasteiger partial charge in [0.1, 0.15) is 6.10 Å². The summed E-state index contributed by atoms with van der Waals surface area (Å²) in [5.74, 6) is -0.423. The summed E-state index contributed by atoms with van der Waals surface area (Å²) in [6, 6.07) is 0. The van der Waals surface area contributed by atoms with Crippen LogP contribution in [0.5, 0.6) is 0 Å². The van der Waals surface area contributed by atoms with E-state index in [0.717, 1.165) is 30.4 Å². The average Bonchev–Trinajstić information content (AvgIpc) is 2.61. The standard InChI is InChI=1S/C24H34O5/c1-7-22(4)12-17-18(27)11-20-23(5,14-28-15(2)25)9-8-10-24(20,6)21(17)19(13-22)29-16(3)26/h7,19-20H,1,8-14H2,2-6H3/t19-,20+,22-,23-,24+/m0/s1. The van der Waals surface area contributed by atoms with Crippen LogP contribution in [0.2, 0.25) is 0 Å². The first kappa shape index (κ1) is 21.8. The van der Waals surface area contributed by atoms with Crippen LogP contribution in [-0.4, -0.2) is 30.4 Å². The fraction of sp³-hybridized carbons (Fsp3) is 0.708. The SMILES string of the molecule is C=C[C@@]1(C)CC2=C([C@@H](OC(C)=O)C1)[C@]1(C)CCC[C@@](C)(COC(C)=O)[C@H]1CC2=O. The number of rotatable bonds is 4. The van der Waals surface area contributed by atoms with Gasteiger partial charge in [0.2, 0.25) is 0 Å². The Bertz CT molecular complexity index is 780. The highest BCUT2D eigenvalue weighted by atomic mass is 16.5. The molecule has 0 bridgehead atoms. The molecule has 0 aromatic carbocycles. The summed E-state index contributed by atoms with van der Waals surface area (Å²) in [5.41, 5.74) is 1.06.